The second-order valence-corrected chi connectivity index (χ2v) is 4.71. The summed E-state index contributed by atoms with van der Waals surface area (Å²) in [5, 5.41) is 4.39. The Hall–Kier alpha value is -2.47. The van der Waals surface area contributed by atoms with E-state index in [1.807, 2.05) is 25.1 Å². The zero-order valence-electron chi connectivity index (χ0n) is 11.2. The number of halogens is 1. The highest BCUT2D eigenvalue weighted by Crippen LogP contribution is 2.26. The van der Waals surface area contributed by atoms with Crippen LogP contribution >= 0.6 is 11.6 Å². The molecule has 0 fully saturated rings. The lowest BCUT2D eigenvalue weighted by Gasteiger charge is -1.99. The molecule has 0 radical (unpaired) electrons. The van der Waals surface area contributed by atoms with Gasteiger partial charge < -0.3 is 4.74 Å². The number of hydrogen-bond acceptors (Lipinski definition) is 6. The first-order valence-electron chi connectivity index (χ1n) is 6.21. The van der Waals surface area contributed by atoms with Gasteiger partial charge in [-0.1, -0.05) is 28.9 Å². The van der Waals surface area contributed by atoms with Crippen LogP contribution in [0.3, 0.4) is 0 Å². The molecular formula is C14H11ClN4O2. The molecule has 7 heteroatoms. The van der Waals surface area contributed by atoms with Gasteiger partial charge >= 0.3 is 6.08 Å². The summed E-state index contributed by atoms with van der Waals surface area (Å²) in [6, 6.07) is 7.25. The SMILES string of the molecule is Cc1cnc(COc2nc(-c3ccccc3Cl)no2)cn1. The van der Waals surface area contributed by atoms with Crippen LogP contribution in [0.1, 0.15) is 11.4 Å². The summed E-state index contributed by atoms with van der Waals surface area (Å²) in [7, 11) is 0. The van der Waals surface area contributed by atoms with E-state index in [1.54, 1.807) is 18.5 Å². The third-order valence-electron chi connectivity index (χ3n) is 2.70. The van der Waals surface area contributed by atoms with Crippen LogP contribution in [0, 0.1) is 6.92 Å². The molecule has 0 saturated carbocycles. The van der Waals surface area contributed by atoms with Gasteiger partial charge in [-0.3, -0.25) is 14.5 Å². The van der Waals surface area contributed by atoms with Crippen LogP contribution in [-0.4, -0.2) is 20.1 Å². The Morgan fingerprint density at radius 2 is 2.05 bits per heavy atom. The lowest BCUT2D eigenvalue weighted by Crippen LogP contribution is -1.99. The molecule has 0 aliphatic heterocycles. The molecule has 0 unspecified atom stereocenters. The highest BCUT2D eigenvalue weighted by atomic mass is 35.5. The number of aromatic nitrogens is 4. The van der Waals surface area contributed by atoms with Crippen molar-refractivity contribution in [3.8, 4) is 17.5 Å². The van der Waals surface area contributed by atoms with Crippen LogP contribution in [0.15, 0.2) is 41.2 Å². The summed E-state index contributed by atoms with van der Waals surface area (Å²) in [5.74, 6) is 0.380. The van der Waals surface area contributed by atoms with Crippen molar-refractivity contribution in [2.24, 2.45) is 0 Å². The van der Waals surface area contributed by atoms with Gasteiger partial charge in [0.2, 0.25) is 5.82 Å². The molecular weight excluding hydrogens is 292 g/mol. The molecule has 2 aromatic heterocycles. The summed E-state index contributed by atoms with van der Waals surface area (Å²) in [6.07, 6.45) is 3.37. The molecule has 0 atom stereocenters. The molecule has 2 heterocycles. The number of nitrogens with zero attached hydrogens (tertiary/aromatic N) is 4. The molecule has 21 heavy (non-hydrogen) atoms. The van der Waals surface area contributed by atoms with E-state index in [0.717, 1.165) is 5.69 Å². The molecule has 3 aromatic rings. The van der Waals surface area contributed by atoms with Crippen molar-refractivity contribution in [1.82, 2.24) is 20.1 Å². The highest BCUT2D eigenvalue weighted by molar-refractivity contribution is 6.33. The largest absolute Gasteiger partial charge is 0.442 e. The van der Waals surface area contributed by atoms with Gasteiger partial charge in [-0.2, -0.15) is 4.98 Å². The van der Waals surface area contributed by atoms with Crippen molar-refractivity contribution in [1.29, 1.82) is 0 Å². The van der Waals surface area contributed by atoms with Crippen LogP contribution in [0.2, 0.25) is 5.02 Å². The van der Waals surface area contributed by atoms with Crippen molar-refractivity contribution < 1.29 is 9.26 Å². The molecule has 3 rings (SSSR count). The van der Waals surface area contributed by atoms with E-state index in [-0.39, 0.29) is 12.7 Å². The maximum atomic E-state index is 6.08. The number of rotatable bonds is 4. The summed E-state index contributed by atoms with van der Waals surface area (Å²) >= 11 is 6.08. The Kier molecular flexibility index (Phi) is 3.79. The monoisotopic (exact) mass is 302 g/mol. The number of hydrogen-bond donors (Lipinski definition) is 0. The first-order valence-corrected chi connectivity index (χ1v) is 6.59. The maximum Gasteiger partial charge on any atom is 0.418 e. The lowest BCUT2D eigenvalue weighted by atomic mass is 10.2. The van der Waals surface area contributed by atoms with Gasteiger partial charge in [-0.15, -0.1) is 0 Å². The van der Waals surface area contributed by atoms with Gasteiger partial charge in [0.05, 0.1) is 22.6 Å². The van der Waals surface area contributed by atoms with Gasteiger partial charge in [0.1, 0.15) is 6.61 Å². The van der Waals surface area contributed by atoms with Gasteiger partial charge in [0.15, 0.2) is 0 Å². The number of aryl methyl sites for hydroxylation is 1. The van der Waals surface area contributed by atoms with Crippen LogP contribution in [0.5, 0.6) is 6.08 Å². The molecule has 6 nitrogen and oxygen atoms in total. The van der Waals surface area contributed by atoms with E-state index in [9.17, 15) is 0 Å². The van der Waals surface area contributed by atoms with E-state index in [2.05, 4.69) is 20.1 Å². The fraction of sp³-hybridized carbons (Fsp3) is 0.143. The van der Waals surface area contributed by atoms with Crippen molar-refractivity contribution in [2.45, 2.75) is 13.5 Å². The third kappa shape index (κ3) is 3.17. The molecule has 1 aromatic carbocycles. The molecule has 106 valence electrons. The summed E-state index contributed by atoms with van der Waals surface area (Å²) in [4.78, 5) is 12.4. The van der Waals surface area contributed by atoms with Crippen molar-refractivity contribution in [3.05, 3.63) is 53.1 Å². The lowest BCUT2D eigenvalue weighted by molar-refractivity contribution is 0.192. The van der Waals surface area contributed by atoms with E-state index in [4.69, 9.17) is 20.9 Å². The number of benzene rings is 1. The number of ether oxygens (including phenoxy) is 1. The van der Waals surface area contributed by atoms with Gasteiger partial charge in [0.25, 0.3) is 0 Å². The molecule has 0 aliphatic rings. The zero-order chi connectivity index (χ0) is 14.7. The Morgan fingerprint density at radius 1 is 1.19 bits per heavy atom. The van der Waals surface area contributed by atoms with E-state index in [1.165, 1.54) is 0 Å². The van der Waals surface area contributed by atoms with Crippen LogP contribution in [-0.2, 0) is 6.61 Å². The molecule has 0 bridgehead atoms. The van der Waals surface area contributed by atoms with Crippen LogP contribution in [0.25, 0.3) is 11.4 Å². The Bertz CT molecular complexity index is 743. The normalized spacial score (nSPS) is 10.6. The highest BCUT2D eigenvalue weighted by Gasteiger charge is 2.12. The topological polar surface area (TPSA) is 73.9 Å². The predicted molar refractivity (Wildman–Crippen MR) is 75.8 cm³/mol. The van der Waals surface area contributed by atoms with E-state index >= 15 is 0 Å². The minimum absolute atomic E-state index is 0.0623. The third-order valence-corrected chi connectivity index (χ3v) is 3.03. The first kappa shape index (κ1) is 13.5. The second kappa shape index (κ2) is 5.88. The maximum absolute atomic E-state index is 6.08. The van der Waals surface area contributed by atoms with Crippen molar-refractivity contribution in [3.63, 3.8) is 0 Å². The smallest absolute Gasteiger partial charge is 0.418 e. The molecule has 0 N–H and O–H groups in total. The fourth-order valence-electron chi connectivity index (χ4n) is 1.65. The molecule has 0 amide bonds. The predicted octanol–water partition coefficient (Wildman–Crippen LogP) is 3.07. The Morgan fingerprint density at radius 3 is 2.81 bits per heavy atom. The summed E-state index contributed by atoms with van der Waals surface area (Å²) in [5.41, 5.74) is 2.21. The van der Waals surface area contributed by atoms with Crippen molar-refractivity contribution in [2.75, 3.05) is 0 Å². The van der Waals surface area contributed by atoms with Crippen molar-refractivity contribution >= 4 is 11.6 Å². The molecule has 0 spiro atoms. The summed E-state index contributed by atoms with van der Waals surface area (Å²) < 4.78 is 10.4. The standard InChI is InChI=1S/C14H11ClN4O2/c1-9-6-17-10(7-16-9)8-20-14-18-13(19-21-14)11-4-2-3-5-12(11)15/h2-7H,8H2,1H3. The quantitative estimate of drug-likeness (QED) is 0.737. The first-order chi connectivity index (χ1) is 10.2. The minimum Gasteiger partial charge on any atom is -0.442 e. The molecule has 0 saturated heterocycles. The zero-order valence-corrected chi connectivity index (χ0v) is 11.9. The summed E-state index contributed by atoms with van der Waals surface area (Å²) in [6.45, 7) is 2.07. The van der Waals surface area contributed by atoms with Gasteiger partial charge in [-0.25, -0.2) is 0 Å². The fourth-order valence-corrected chi connectivity index (χ4v) is 1.87. The van der Waals surface area contributed by atoms with Crippen LogP contribution < -0.4 is 4.74 Å². The van der Waals surface area contributed by atoms with E-state index < -0.39 is 0 Å². The Labute approximate surface area is 125 Å². The second-order valence-electron chi connectivity index (χ2n) is 4.30. The van der Waals surface area contributed by atoms with Gasteiger partial charge in [-0.05, 0) is 19.1 Å². The Balaban J connectivity index is 1.71. The average Bonchev–Trinajstić information content (AvgIpc) is 2.96. The minimum atomic E-state index is 0.0623. The molecule has 0 aliphatic carbocycles. The van der Waals surface area contributed by atoms with Gasteiger partial charge in [0, 0.05) is 11.8 Å². The van der Waals surface area contributed by atoms with Crippen LogP contribution in [0.4, 0.5) is 0 Å². The average molecular weight is 303 g/mol. The van der Waals surface area contributed by atoms with E-state index in [0.29, 0.717) is 22.1 Å².